The first-order valence-electron chi connectivity index (χ1n) is 9.71. The molecule has 3 heterocycles. The number of piperidine rings is 1. The van der Waals surface area contributed by atoms with E-state index in [9.17, 15) is 4.79 Å². The first-order valence-corrected chi connectivity index (χ1v) is 10.7. The van der Waals surface area contributed by atoms with Crippen molar-refractivity contribution in [2.24, 2.45) is 0 Å². The number of hydrogen-bond donors (Lipinski definition) is 1. The van der Waals surface area contributed by atoms with Gasteiger partial charge in [0.05, 0.1) is 0 Å². The topological polar surface area (TPSA) is 71.3 Å². The minimum absolute atomic E-state index is 0.0971. The lowest BCUT2D eigenvalue weighted by Crippen LogP contribution is -2.47. The van der Waals surface area contributed by atoms with Gasteiger partial charge in [-0.2, -0.15) is 11.3 Å². The van der Waals surface area contributed by atoms with Crippen LogP contribution in [0.25, 0.3) is 11.5 Å². The summed E-state index contributed by atoms with van der Waals surface area (Å²) in [6, 6.07) is 2.44. The van der Waals surface area contributed by atoms with Gasteiger partial charge in [0.2, 0.25) is 11.8 Å². The number of amides is 2. The number of likely N-dealkylation sites (tertiary alicyclic amines) is 1. The van der Waals surface area contributed by atoms with Gasteiger partial charge in [-0.15, -0.1) is 10.2 Å². The highest BCUT2D eigenvalue weighted by atomic mass is 32.1. The summed E-state index contributed by atoms with van der Waals surface area (Å²) < 4.78 is 5.86. The van der Waals surface area contributed by atoms with Gasteiger partial charge in [-0.1, -0.05) is 25.7 Å². The predicted molar refractivity (Wildman–Crippen MR) is 101 cm³/mol. The van der Waals surface area contributed by atoms with Crippen LogP contribution in [0, 0.1) is 0 Å². The summed E-state index contributed by atoms with van der Waals surface area (Å²) in [6.07, 6.45) is 9.07. The fraction of sp³-hybridized carbons (Fsp3) is 0.632. The molecule has 2 amide bonds. The second-order valence-corrected chi connectivity index (χ2v) is 8.14. The van der Waals surface area contributed by atoms with Gasteiger partial charge in [0.1, 0.15) is 0 Å². The van der Waals surface area contributed by atoms with Gasteiger partial charge in [-0.25, -0.2) is 4.79 Å². The van der Waals surface area contributed by atoms with Gasteiger partial charge in [0, 0.05) is 36.0 Å². The maximum Gasteiger partial charge on any atom is 0.317 e. The van der Waals surface area contributed by atoms with Crippen molar-refractivity contribution >= 4 is 17.4 Å². The molecule has 0 aromatic carbocycles. The first-order chi connectivity index (χ1) is 12.8. The molecule has 0 unspecified atom stereocenters. The minimum atomic E-state index is 0.0971. The second kappa shape index (κ2) is 8.20. The number of carbonyl (C=O) groups is 1. The van der Waals surface area contributed by atoms with E-state index in [2.05, 4.69) is 15.5 Å². The lowest BCUT2D eigenvalue weighted by atomic mass is 9.97. The maximum absolute atomic E-state index is 12.5. The third kappa shape index (κ3) is 4.09. The first kappa shape index (κ1) is 17.5. The van der Waals surface area contributed by atoms with Crippen LogP contribution >= 0.6 is 11.3 Å². The Morgan fingerprint density at radius 2 is 1.88 bits per heavy atom. The molecule has 0 radical (unpaired) electrons. The van der Waals surface area contributed by atoms with E-state index in [0.29, 0.717) is 17.8 Å². The van der Waals surface area contributed by atoms with Gasteiger partial charge in [0.15, 0.2) is 0 Å². The van der Waals surface area contributed by atoms with Crippen molar-refractivity contribution in [3.63, 3.8) is 0 Å². The molecule has 1 saturated heterocycles. The predicted octanol–water partition coefficient (Wildman–Crippen LogP) is 4.41. The summed E-state index contributed by atoms with van der Waals surface area (Å²) in [4.78, 5) is 14.5. The fourth-order valence-corrected chi connectivity index (χ4v) is 4.55. The summed E-state index contributed by atoms with van der Waals surface area (Å²) in [7, 11) is 0. The molecule has 0 spiro atoms. The standard InChI is InChI=1S/C19H26N4O2S/c24-19(20-16-5-3-1-2-4-6-16)23-10-7-14(8-11-23)17-21-22-18(25-17)15-9-12-26-13-15/h9,12-14,16H,1-8,10-11H2,(H,20,24). The summed E-state index contributed by atoms with van der Waals surface area (Å²) in [5.41, 5.74) is 0.981. The van der Waals surface area contributed by atoms with E-state index < -0.39 is 0 Å². The van der Waals surface area contributed by atoms with Gasteiger partial charge < -0.3 is 14.6 Å². The minimum Gasteiger partial charge on any atom is -0.420 e. The Morgan fingerprint density at radius 3 is 2.58 bits per heavy atom. The molecule has 0 bridgehead atoms. The Hall–Kier alpha value is -1.89. The van der Waals surface area contributed by atoms with E-state index in [4.69, 9.17) is 4.42 Å². The number of nitrogens with one attached hydrogen (secondary N) is 1. The zero-order valence-corrected chi connectivity index (χ0v) is 15.8. The van der Waals surface area contributed by atoms with Crippen molar-refractivity contribution in [1.82, 2.24) is 20.4 Å². The molecule has 1 N–H and O–H groups in total. The molecule has 1 aliphatic heterocycles. The van der Waals surface area contributed by atoms with Crippen LogP contribution in [0.2, 0.25) is 0 Å². The summed E-state index contributed by atoms with van der Waals surface area (Å²) >= 11 is 1.62. The summed E-state index contributed by atoms with van der Waals surface area (Å²) in [6.45, 7) is 1.50. The van der Waals surface area contributed by atoms with Crippen molar-refractivity contribution in [2.45, 2.75) is 63.3 Å². The molecule has 2 aromatic rings. The lowest BCUT2D eigenvalue weighted by molar-refractivity contribution is 0.172. The fourth-order valence-electron chi connectivity index (χ4n) is 3.92. The molecular formula is C19H26N4O2S. The van der Waals surface area contributed by atoms with Crippen molar-refractivity contribution in [3.05, 3.63) is 22.7 Å². The largest absolute Gasteiger partial charge is 0.420 e. The lowest BCUT2D eigenvalue weighted by Gasteiger charge is -2.32. The highest BCUT2D eigenvalue weighted by Crippen LogP contribution is 2.30. The molecule has 0 atom stereocenters. The van der Waals surface area contributed by atoms with E-state index >= 15 is 0 Å². The molecule has 4 rings (SSSR count). The molecule has 6 nitrogen and oxygen atoms in total. The Kier molecular flexibility index (Phi) is 5.53. The van der Waals surface area contributed by atoms with Gasteiger partial charge in [-0.3, -0.25) is 0 Å². The van der Waals surface area contributed by atoms with E-state index in [-0.39, 0.29) is 11.9 Å². The number of rotatable bonds is 3. The zero-order chi connectivity index (χ0) is 17.8. The smallest absolute Gasteiger partial charge is 0.317 e. The van der Waals surface area contributed by atoms with Crippen LogP contribution in [-0.2, 0) is 0 Å². The maximum atomic E-state index is 12.5. The Balaban J connectivity index is 1.29. The average molecular weight is 375 g/mol. The van der Waals surface area contributed by atoms with E-state index in [1.807, 2.05) is 21.7 Å². The number of urea groups is 1. The number of thiophene rings is 1. The highest BCUT2D eigenvalue weighted by molar-refractivity contribution is 7.08. The van der Waals surface area contributed by atoms with Crippen LogP contribution in [0.15, 0.2) is 21.2 Å². The molecule has 140 valence electrons. The van der Waals surface area contributed by atoms with E-state index in [0.717, 1.165) is 44.3 Å². The van der Waals surface area contributed by atoms with Gasteiger partial charge in [-0.05, 0) is 37.1 Å². The van der Waals surface area contributed by atoms with Crippen LogP contribution in [0.4, 0.5) is 4.79 Å². The van der Waals surface area contributed by atoms with E-state index in [1.165, 1.54) is 25.7 Å². The molecule has 1 saturated carbocycles. The number of aromatic nitrogens is 2. The molecule has 1 aliphatic carbocycles. The normalized spacial score (nSPS) is 20.1. The van der Waals surface area contributed by atoms with Crippen LogP contribution in [0.5, 0.6) is 0 Å². The van der Waals surface area contributed by atoms with Crippen molar-refractivity contribution in [2.75, 3.05) is 13.1 Å². The Bertz CT molecular complexity index is 699. The van der Waals surface area contributed by atoms with Crippen molar-refractivity contribution in [1.29, 1.82) is 0 Å². The quantitative estimate of drug-likeness (QED) is 0.808. The van der Waals surface area contributed by atoms with Gasteiger partial charge >= 0.3 is 6.03 Å². The summed E-state index contributed by atoms with van der Waals surface area (Å²) in [5.74, 6) is 1.54. The molecule has 2 aliphatic rings. The molecule has 26 heavy (non-hydrogen) atoms. The molecular weight excluding hydrogens is 348 g/mol. The number of nitrogens with zero attached hydrogens (tertiary/aromatic N) is 3. The zero-order valence-electron chi connectivity index (χ0n) is 15.0. The van der Waals surface area contributed by atoms with Crippen LogP contribution in [0.1, 0.15) is 63.2 Å². The number of carbonyl (C=O) groups excluding carboxylic acids is 1. The van der Waals surface area contributed by atoms with Crippen molar-refractivity contribution in [3.8, 4) is 11.5 Å². The third-order valence-corrected chi connectivity index (χ3v) is 6.21. The molecule has 7 heteroatoms. The van der Waals surface area contributed by atoms with Crippen LogP contribution < -0.4 is 5.32 Å². The Labute approximate surface area is 158 Å². The average Bonchev–Trinajstić information content (AvgIpc) is 3.30. The van der Waals surface area contributed by atoms with Gasteiger partial charge in [0.25, 0.3) is 0 Å². The SMILES string of the molecule is O=C(NC1CCCCCC1)N1CCC(c2nnc(-c3ccsc3)o2)CC1. The molecule has 2 fully saturated rings. The van der Waals surface area contributed by atoms with Crippen LogP contribution in [-0.4, -0.2) is 40.3 Å². The Morgan fingerprint density at radius 1 is 1.12 bits per heavy atom. The monoisotopic (exact) mass is 374 g/mol. The third-order valence-electron chi connectivity index (χ3n) is 5.52. The van der Waals surface area contributed by atoms with E-state index in [1.54, 1.807) is 11.3 Å². The number of hydrogen-bond acceptors (Lipinski definition) is 5. The second-order valence-electron chi connectivity index (χ2n) is 7.36. The van der Waals surface area contributed by atoms with Crippen LogP contribution in [0.3, 0.4) is 0 Å². The molecule has 2 aromatic heterocycles. The highest BCUT2D eigenvalue weighted by Gasteiger charge is 2.28. The van der Waals surface area contributed by atoms with Crippen molar-refractivity contribution < 1.29 is 9.21 Å². The summed E-state index contributed by atoms with van der Waals surface area (Å²) in [5, 5.41) is 15.7.